The molecule has 4 nitrogen and oxygen atoms in total. The van der Waals surface area contributed by atoms with Gasteiger partial charge in [0, 0.05) is 0 Å². The van der Waals surface area contributed by atoms with E-state index < -0.39 is 34.3 Å². The van der Waals surface area contributed by atoms with Gasteiger partial charge < -0.3 is 5.32 Å². The Balaban J connectivity index is 1.75. The Bertz CT molecular complexity index is 1150. The standard InChI is InChI=1S/C17H10Cl2F3N3OS3/c1-7(15(26)23-12-5-4-11(20)13(21)14(12)22)28-16-24-25(17(27)29-16)8-2-3-9(18)10(19)6-8/h2-7H,1H3,(H,23,26)/t7-/m1/s1. The van der Waals surface area contributed by atoms with E-state index in [-0.39, 0.29) is 0 Å². The van der Waals surface area contributed by atoms with Gasteiger partial charge in [0.25, 0.3) is 0 Å². The van der Waals surface area contributed by atoms with Crippen LogP contribution >= 0.6 is 58.5 Å². The maximum atomic E-state index is 13.7. The van der Waals surface area contributed by atoms with Gasteiger partial charge in [0.2, 0.25) is 5.91 Å². The quantitative estimate of drug-likeness (QED) is 0.249. The number of nitrogens with zero attached hydrogens (tertiary/aromatic N) is 2. The lowest BCUT2D eigenvalue weighted by Crippen LogP contribution is -2.23. The maximum Gasteiger partial charge on any atom is 0.237 e. The fourth-order valence-electron chi connectivity index (χ4n) is 2.15. The molecule has 29 heavy (non-hydrogen) atoms. The molecule has 0 radical (unpaired) electrons. The summed E-state index contributed by atoms with van der Waals surface area (Å²) >= 11 is 19.5. The second-order valence-corrected chi connectivity index (χ2v) is 9.64. The van der Waals surface area contributed by atoms with Crippen molar-refractivity contribution < 1.29 is 18.0 Å². The molecule has 1 amide bonds. The molecule has 0 spiro atoms. The highest BCUT2D eigenvalue weighted by atomic mass is 35.5. The van der Waals surface area contributed by atoms with Gasteiger partial charge >= 0.3 is 0 Å². The van der Waals surface area contributed by atoms with E-state index in [9.17, 15) is 18.0 Å². The van der Waals surface area contributed by atoms with Crippen LogP contribution in [0.15, 0.2) is 34.7 Å². The van der Waals surface area contributed by atoms with Crippen molar-refractivity contribution in [2.24, 2.45) is 0 Å². The van der Waals surface area contributed by atoms with Gasteiger partial charge in [-0.05, 0) is 49.5 Å². The predicted octanol–water partition coefficient (Wildman–Crippen LogP) is 6.51. The van der Waals surface area contributed by atoms with Crippen LogP contribution < -0.4 is 5.32 Å². The van der Waals surface area contributed by atoms with Gasteiger partial charge in [0.15, 0.2) is 25.7 Å². The minimum atomic E-state index is -1.65. The predicted molar refractivity (Wildman–Crippen MR) is 113 cm³/mol. The summed E-state index contributed by atoms with van der Waals surface area (Å²) in [5.74, 6) is -5.06. The number of rotatable bonds is 5. The van der Waals surface area contributed by atoms with Crippen molar-refractivity contribution in [3.63, 3.8) is 0 Å². The number of anilines is 1. The van der Waals surface area contributed by atoms with Crippen LogP contribution in [0.2, 0.25) is 10.0 Å². The zero-order chi connectivity index (χ0) is 21.3. The molecule has 2 aromatic carbocycles. The molecule has 152 valence electrons. The van der Waals surface area contributed by atoms with Crippen molar-refractivity contribution >= 4 is 70.1 Å². The summed E-state index contributed by atoms with van der Waals surface area (Å²) in [4.78, 5) is 12.3. The second kappa shape index (κ2) is 9.05. The Kier molecular flexibility index (Phi) is 6.90. The molecule has 0 saturated heterocycles. The van der Waals surface area contributed by atoms with Crippen molar-refractivity contribution in [3.8, 4) is 5.69 Å². The number of halogens is 5. The summed E-state index contributed by atoms with van der Waals surface area (Å²) in [5, 5.41) is 6.60. The molecule has 0 aliphatic carbocycles. The molecule has 0 saturated carbocycles. The summed E-state index contributed by atoms with van der Waals surface area (Å²) in [5.41, 5.74) is 0.156. The highest BCUT2D eigenvalue weighted by Crippen LogP contribution is 2.30. The minimum absolute atomic E-state index is 0.342. The first-order valence-electron chi connectivity index (χ1n) is 7.84. The molecule has 0 unspecified atom stereocenters. The van der Waals surface area contributed by atoms with E-state index in [0.717, 1.165) is 23.9 Å². The lowest BCUT2D eigenvalue weighted by molar-refractivity contribution is -0.115. The average Bonchev–Trinajstić information content (AvgIpc) is 3.04. The van der Waals surface area contributed by atoms with Crippen molar-refractivity contribution in [3.05, 3.63) is 61.8 Å². The number of thioether (sulfide) groups is 1. The second-order valence-electron chi connectivity index (χ2n) is 5.62. The molecular weight excluding hydrogens is 486 g/mol. The smallest absolute Gasteiger partial charge is 0.237 e. The van der Waals surface area contributed by atoms with Crippen LogP contribution in [0.25, 0.3) is 5.69 Å². The number of carbonyl (C=O) groups is 1. The van der Waals surface area contributed by atoms with Crippen LogP contribution in [-0.2, 0) is 4.79 Å². The van der Waals surface area contributed by atoms with Crippen molar-refractivity contribution in [2.75, 3.05) is 5.32 Å². The van der Waals surface area contributed by atoms with Crippen LogP contribution in [-0.4, -0.2) is 20.9 Å². The first-order chi connectivity index (χ1) is 13.7. The zero-order valence-corrected chi connectivity index (χ0v) is 18.3. The number of benzene rings is 2. The normalized spacial score (nSPS) is 12.1. The number of hydrogen-bond donors (Lipinski definition) is 1. The minimum Gasteiger partial charge on any atom is -0.323 e. The Morgan fingerprint density at radius 3 is 2.62 bits per heavy atom. The van der Waals surface area contributed by atoms with E-state index in [1.807, 2.05) is 0 Å². The molecule has 1 atom stereocenters. The Hall–Kier alpha value is -1.59. The van der Waals surface area contributed by atoms with Gasteiger partial charge in [-0.2, -0.15) is 0 Å². The van der Waals surface area contributed by atoms with Gasteiger partial charge in [-0.3, -0.25) is 4.79 Å². The Labute approximate surface area is 186 Å². The van der Waals surface area contributed by atoms with Crippen LogP contribution in [0.3, 0.4) is 0 Å². The van der Waals surface area contributed by atoms with Crippen LogP contribution in [0.5, 0.6) is 0 Å². The molecule has 12 heteroatoms. The number of hydrogen-bond acceptors (Lipinski definition) is 5. The van der Waals surface area contributed by atoms with Gasteiger partial charge in [0.1, 0.15) is 0 Å². The molecule has 1 N–H and O–H groups in total. The molecular formula is C17H10Cl2F3N3OS3. The molecule has 0 fully saturated rings. The number of nitrogens with one attached hydrogen (secondary N) is 1. The Morgan fingerprint density at radius 2 is 1.93 bits per heavy atom. The van der Waals surface area contributed by atoms with E-state index in [1.165, 1.54) is 16.0 Å². The topological polar surface area (TPSA) is 46.9 Å². The lowest BCUT2D eigenvalue weighted by Gasteiger charge is -2.11. The molecule has 0 bridgehead atoms. The monoisotopic (exact) mass is 495 g/mol. The molecule has 0 aliphatic heterocycles. The maximum absolute atomic E-state index is 13.7. The molecule has 3 aromatic rings. The summed E-state index contributed by atoms with van der Waals surface area (Å²) in [7, 11) is 0. The van der Waals surface area contributed by atoms with Gasteiger partial charge in [-0.1, -0.05) is 46.3 Å². The number of aromatic nitrogens is 2. The Morgan fingerprint density at radius 1 is 1.21 bits per heavy atom. The first kappa shape index (κ1) is 22.1. The van der Waals surface area contributed by atoms with Gasteiger partial charge in [-0.15, -0.1) is 5.10 Å². The largest absolute Gasteiger partial charge is 0.323 e. The third-order valence-corrected chi connectivity index (χ3v) is 6.77. The van der Waals surface area contributed by atoms with E-state index in [0.29, 0.717) is 24.0 Å². The number of carbonyl (C=O) groups excluding carboxylic acids is 1. The summed E-state index contributed by atoms with van der Waals surface area (Å²) in [6.45, 7) is 1.56. The fraction of sp³-hybridized carbons (Fsp3) is 0.118. The fourth-order valence-corrected chi connectivity index (χ4v) is 4.95. The van der Waals surface area contributed by atoms with E-state index in [4.69, 9.17) is 35.4 Å². The SMILES string of the molecule is C[C@@H](Sc1nn(-c2ccc(Cl)c(Cl)c2)c(=S)s1)C(=O)Nc1ccc(F)c(F)c1F. The van der Waals surface area contributed by atoms with Crippen LogP contribution in [0.1, 0.15) is 6.92 Å². The van der Waals surface area contributed by atoms with Gasteiger partial charge in [-0.25, -0.2) is 17.9 Å². The molecule has 1 aromatic heterocycles. The van der Waals surface area contributed by atoms with Crippen LogP contribution in [0.4, 0.5) is 18.9 Å². The summed E-state index contributed by atoms with van der Waals surface area (Å²) in [6.07, 6.45) is 0. The van der Waals surface area contributed by atoms with E-state index >= 15 is 0 Å². The highest BCUT2D eigenvalue weighted by Gasteiger charge is 2.21. The first-order valence-corrected chi connectivity index (χ1v) is 10.7. The summed E-state index contributed by atoms with van der Waals surface area (Å²) < 4.78 is 42.4. The van der Waals surface area contributed by atoms with Gasteiger partial charge in [0.05, 0.1) is 26.7 Å². The lowest BCUT2D eigenvalue weighted by atomic mass is 10.2. The highest BCUT2D eigenvalue weighted by molar-refractivity contribution is 8.02. The van der Waals surface area contributed by atoms with Crippen molar-refractivity contribution in [1.82, 2.24) is 9.78 Å². The number of amides is 1. The third kappa shape index (κ3) is 4.95. The van der Waals surface area contributed by atoms with E-state index in [2.05, 4.69) is 10.4 Å². The van der Waals surface area contributed by atoms with Crippen molar-refractivity contribution in [2.45, 2.75) is 16.5 Å². The van der Waals surface area contributed by atoms with E-state index in [1.54, 1.807) is 25.1 Å². The third-order valence-electron chi connectivity index (χ3n) is 3.62. The molecule has 3 rings (SSSR count). The summed E-state index contributed by atoms with van der Waals surface area (Å²) in [6, 6.07) is 6.60. The van der Waals surface area contributed by atoms with Crippen molar-refractivity contribution in [1.29, 1.82) is 0 Å². The average molecular weight is 496 g/mol. The zero-order valence-electron chi connectivity index (χ0n) is 14.4. The molecule has 1 heterocycles. The molecule has 0 aliphatic rings. The van der Waals surface area contributed by atoms with Crippen LogP contribution in [0, 0.1) is 21.4 Å².